The second-order valence-corrected chi connectivity index (χ2v) is 1.41. The largest absolute Gasteiger partial charge is 1.00 e. The first-order valence-corrected chi connectivity index (χ1v) is 2.24. The molecule has 0 aromatic rings. The SMILES string of the molecule is O=P([O-])([O-])O.[Cu+].[Na+]. The third-order valence-corrected chi connectivity index (χ3v) is 0. The van der Waals surface area contributed by atoms with Crippen LogP contribution in [-0.2, 0) is 21.6 Å². The molecular weight excluding hydrogens is 182 g/mol. The molecule has 0 heterocycles. The van der Waals surface area contributed by atoms with Crippen LogP contribution >= 0.6 is 7.82 Å². The van der Waals surface area contributed by atoms with Crippen LogP contribution in [0, 0.1) is 0 Å². The van der Waals surface area contributed by atoms with Gasteiger partial charge in [-0.1, -0.05) is 0 Å². The third-order valence-electron chi connectivity index (χ3n) is 0. The monoisotopic (exact) mass is 182 g/mol. The summed E-state index contributed by atoms with van der Waals surface area (Å²) in [5.41, 5.74) is 0. The molecule has 7 heteroatoms. The van der Waals surface area contributed by atoms with Gasteiger partial charge in [-0.25, -0.2) is 0 Å². The van der Waals surface area contributed by atoms with Gasteiger partial charge in [-0.3, -0.25) is 0 Å². The Kier molecular flexibility index (Phi) is 13.0. The maximum atomic E-state index is 8.66. The molecule has 0 rings (SSSR count). The van der Waals surface area contributed by atoms with Gasteiger partial charge in [0.15, 0.2) is 0 Å². The van der Waals surface area contributed by atoms with Crippen LogP contribution in [0.15, 0.2) is 0 Å². The van der Waals surface area contributed by atoms with Gasteiger partial charge in [-0.2, -0.15) is 0 Å². The van der Waals surface area contributed by atoms with Crippen LogP contribution in [0.25, 0.3) is 0 Å². The zero-order valence-electron chi connectivity index (χ0n) is 3.42. The molecule has 0 amide bonds. The molecule has 0 unspecified atom stereocenters. The molecule has 0 aromatic heterocycles. The van der Waals surface area contributed by atoms with Crippen molar-refractivity contribution in [2.45, 2.75) is 0 Å². The van der Waals surface area contributed by atoms with E-state index in [0.717, 1.165) is 0 Å². The minimum absolute atomic E-state index is 0. The van der Waals surface area contributed by atoms with Gasteiger partial charge in [-0.15, -0.1) is 0 Å². The predicted molar refractivity (Wildman–Crippen MR) is 9.83 cm³/mol. The van der Waals surface area contributed by atoms with E-state index in [0.29, 0.717) is 0 Å². The normalized spacial score (nSPS) is 8.43. The van der Waals surface area contributed by atoms with Crippen molar-refractivity contribution in [2.24, 2.45) is 0 Å². The van der Waals surface area contributed by atoms with Crippen LogP contribution in [-0.4, -0.2) is 4.89 Å². The van der Waals surface area contributed by atoms with Gasteiger partial charge < -0.3 is 19.2 Å². The number of rotatable bonds is 0. The van der Waals surface area contributed by atoms with Crippen molar-refractivity contribution in [3.05, 3.63) is 0 Å². The van der Waals surface area contributed by atoms with Gasteiger partial charge >= 0.3 is 46.6 Å². The van der Waals surface area contributed by atoms with Crippen molar-refractivity contribution < 1.29 is 65.9 Å². The molecule has 0 radical (unpaired) electrons. The van der Waals surface area contributed by atoms with Crippen LogP contribution in [0.5, 0.6) is 0 Å². The summed E-state index contributed by atoms with van der Waals surface area (Å²) in [5, 5.41) is 0. The van der Waals surface area contributed by atoms with Gasteiger partial charge in [-0.05, 0) is 0 Å². The van der Waals surface area contributed by atoms with E-state index >= 15 is 0 Å². The number of hydrogen-bond acceptors (Lipinski definition) is 3. The molecule has 0 fully saturated rings. The van der Waals surface area contributed by atoms with Crippen molar-refractivity contribution in [3.8, 4) is 0 Å². The molecule has 0 spiro atoms. The average Bonchev–Trinajstić information content (AvgIpc) is 0.722. The number of phosphoric acid groups is 1. The molecule has 42 valence electrons. The Morgan fingerprint density at radius 3 is 1.43 bits per heavy atom. The van der Waals surface area contributed by atoms with E-state index in [2.05, 4.69) is 0 Å². The van der Waals surface area contributed by atoms with Crippen molar-refractivity contribution in [1.82, 2.24) is 0 Å². The van der Waals surface area contributed by atoms with Crippen LogP contribution in [0.1, 0.15) is 0 Å². The molecule has 0 aliphatic carbocycles. The minimum Gasteiger partial charge on any atom is -0.790 e. The Balaban J connectivity index is -0.0000000800. The summed E-state index contributed by atoms with van der Waals surface area (Å²) in [6, 6.07) is 0. The van der Waals surface area contributed by atoms with Crippen molar-refractivity contribution in [3.63, 3.8) is 0 Å². The minimum atomic E-state index is -5.14. The zero-order valence-corrected chi connectivity index (χ0v) is 7.26. The van der Waals surface area contributed by atoms with Gasteiger partial charge in [0.1, 0.15) is 0 Å². The Bertz CT molecular complexity index is 57.8. The van der Waals surface area contributed by atoms with Gasteiger partial charge in [0.25, 0.3) is 0 Å². The van der Waals surface area contributed by atoms with E-state index in [1.807, 2.05) is 0 Å². The Morgan fingerprint density at radius 2 is 1.43 bits per heavy atom. The average molecular weight is 183 g/mol. The van der Waals surface area contributed by atoms with Crippen molar-refractivity contribution in [2.75, 3.05) is 0 Å². The van der Waals surface area contributed by atoms with E-state index in [1.54, 1.807) is 0 Å². The summed E-state index contributed by atoms with van der Waals surface area (Å²) in [5.74, 6) is 0. The molecule has 0 saturated carbocycles. The summed E-state index contributed by atoms with van der Waals surface area (Å²) < 4.78 is 8.66. The molecule has 1 N–H and O–H groups in total. The Hall–Kier alpha value is 1.63. The van der Waals surface area contributed by atoms with Gasteiger partial charge in [0.2, 0.25) is 0 Å². The smallest absolute Gasteiger partial charge is 0.790 e. The van der Waals surface area contributed by atoms with Gasteiger partial charge in [0, 0.05) is 0 Å². The second kappa shape index (κ2) is 5.76. The van der Waals surface area contributed by atoms with Gasteiger partial charge in [0.05, 0.1) is 7.82 Å². The molecule has 0 aliphatic rings. The predicted octanol–water partition coefficient (Wildman–Crippen LogP) is -5.19. The molecule has 0 saturated heterocycles. The topological polar surface area (TPSA) is 83.4 Å². The quantitative estimate of drug-likeness (QED) is 0.300. The standard InChI is InChI=1S/Cu.Na.H3O4P/c;;1-5(2,3)4/h;;(H3,1,2,3,4)/q2*+1;/p-2. The summed E-state index contributed by atoms with van der Waals surface area (Å²) in [6.45, 7) is 0. The van der Waals surface area contributed by atoms with Crippen LogP contribution < -0.4 is 39.3 Å². The second-order valence-electron chi connectivity index (χ2n) is 0.469. The first-order chi connectivity index (χ1) is 2.00. The number of hydrogen-bond donors (Lipinski definition) is 1. The summed E-state index contributed by atoms with van der Waals surface area (Å²) in [6.07, 6.45) is 0. The fraction of sp³-hybridized carbons (Fsp3) is 0. The Labute approximate surface area is 73.3 Å². The van der Waals surface area contributed by atoms with E-state index in [-0.39, 0.29) is 46.6 Å². The molecular formula is HCuNaO4P. The van der Waals surface area contributed by atoms with E-state index in [4.69, 9.17) is 19.2 Å². The van der Waals surface area contributed by atoms with Crippen molar-refractivity contribution >= 4 is 7.82 Å². The van der Waals surface area contributed by atoms with E-state index < -0.39 is 7.82 Å². The van der Waals surface area contributed by atoms with E-state index in [9.17, 15) is 0 Å². The molecule has 0 aliphatic heterocycles. The summed E-state index contributed by atoms with van der Waals surface area (Å²) >= 11 is 0. The van der Waals surface area contributed by atoms with Crippen LogP contribution in [0.4, 0.5) is 0 Å². The maximum Gasteiger partial charge on any atom is 1.00 e. The third kappa shape index (κ3) is 91.1. The summed E-state index contributed by atoms with van der Waals surface area (Å²) in [7, 11) is -5.14. The molecule has 7 heavy (non-hydrogen) atoms. The van der Waals surface area contributed by atoms with Crippen LogP contribution in [0.2, 0.25) is 0 Å². The maximum absolute atomic E-state index is 8.66. The van der Waals surface area contributed by atoms with E-state index in [1.165, 1.54) is 0 Å². The molecule has 0 atom stereocenters. The molecule has 0 aromatic carbocycles. The molecule has 0 bridgehead atoms. The summed E-state index contributed by atoms with van der Waals surface area (Å²) in [4.78, 5) is 24.3. The van der Waals surface area contributed by atoms with Crippen LogP contribution in [0.3, 0.4) is 0 Å². The zero-order chi connectivity index (χ0) is 4.50. The fourth-order valence-electron chi connectivity index (χ4n) is 0. The first-order valence-electron chi connectivity index (χ1n) is 0.748. The Morgan fingerprint density at radius 1 is 1.43 bits per heavy atom. The van der Waals surface area contributed by atoms with Crippen molar-refractivity contribution in [1.29, 1.82) is 0 Å². The molecule has 4 nitrogen and oxygen atoms in total. The fourth-order valence-corrected chi connectivity index (χ4v) is 0. The first kappa shape index (κ1) is 15.9.